The molecule has 3 N–H and O–H groups in total. The Morgan fingerprint density at radius 1 is 0.892 bits per heavy atom. The Morgan fingerprint density at radius 3 is 2.43 bits per heavy atom. The van der Waals surface area contributed by atoms with E-state index in [-0.39, 0.29) is 6.61 Å². The predicted molar refractivity (Wildman–Crippen MR) is 135 cm³/mol. The van der Waals surface area contributed by atoms with Crippen molar-refractivity contribution in [2.75, 3.05) is 13.2 Å². The van der Waals surface area contributed by atoms with Gasteiger partial charge in [-0.3, -0.25) is 30.1 Å². The van der Waals surface area contributed by atoms with Gasteiger partial charge in [0.25, 0.3) is 17.7 Å². The number of nitrogens with one attached hydrogen (secondary N) is 3. The van der Waals surface area contributed by atoms with Crippen LogP contribution in [0.15, 0.2) is 78.9 Å². The molecule has 5 rings (SSSR count). The molecule has 1 atom stereocenters. The molecule has 188 valence electrons. The van der Waals surface area contributed by atoms with E-state index in [2.05, 4.69) is 16.2 Å². The van der Waals surface area contributed by atoms with Crippen LogP contribution in [0, 0.1) is 0 Å². The highest BCUT2D eigenvalue weighted by Crippen LogP contribution is 2.39. The highest BCUT2D eigenvalue weighted by Gasteiger charge is 2.54. The van der Waals surface area contributed by atoms with Crippen molar-refractivity contribution in [1.82, 2.24) is 21.1 Å². The molecule has 1 aliphatic heterocycles. The molecular formula is C28H26N4O5. The quantitative estimate of drug-likeness (QED) is 0.357. The fraction of sp³-hybridized carbons (Fsp3) is 0.214. The van der Waals surface area contributed by atoms with Crippen LogP contribution < -0.4 is 20.9 Å². The number of urea groups is 1. The summed E-state index contributed by atoms with van der Waals surface area (Å²) in [6.45, 7) is -0.861. The van der Waals surface area contributed by atoms with Crippen molar-refractivity contribution in [2.45, 2.75) is 24.8 Å². The monoisotopic (exact) mass is 498 g/mol. The van der Waals surface area contributed by atoms with E-state index < -0.39 is 35.8 Å². The number of hydrogen-bond acceptors (Lipinski definition) is 5. The number of para-hydroxylation sites is 1. The van der Waals surface area contributed by atoms with E-state index in [0.717, 1.165) is 40.0 Å². The molecular weight excluding hydrogens is 472 g/mol. The predicted octanol–water partition coefficient (Wildman–Crippen LogP) is 2.66. The lowest BCUT2D eigenvalue weighted by Crippen LogP contribution is -2.50. The molecule has 37 heavy (non-hydrogen) atoms. The van der Waals surface area contributed by atoms with Crippen molar-refractivity contribution in [1.29, 1.82) is 0 Å². The number of rotatable bonds is 6. The van der Waals surface area contributed by atoms with Crippen LogP contribution in [0.1, 0.15) is 24.0 Å². The minimum absolute atomic E-state index is 0.340. The van der Waals surface area contributed by atoms with Gasteiger partial charge >= 0.3 is 6.03 Å². The second-order valence-corrected chi connectivity index (χ2v) is 8.98. The summed E-state index contributed by atoms with van der Waals surface area (Å²) in [5.41, 5.74) is 6.91. The van der Waals surface area contributed by atoms with Gasteiger partial charge in [0.15, 0.2) is 6.61 Å². The smallest absolute Gasteiger partial charge is 0.325 e. The largest absolute Gasteiger partial charge is 0.483 e. The van der Waals surface area contributed by atoms with Crippen molar-refractivity contribution < 1.29 is 23.9 Å². The molecule has 1 heterocycles. The van der Waals surface area contributed by atoms with Crippen LogP contribution in [0.2, 0.25) is 0 Å². The van der Waals surface area contributed by atoms with E-state index in [1.165, 1.54) is 0 Å². The van der Waals surface area contributed by atoms with Crippen molar-refractivity contribution in [3.8, 4) is 16.9 Å². The van der Waals surface area contributed by atoms with Gasteiger partial charge in [0, 0.05) is 5.56 Å². The number of ether oxygens (including phenoxy) is 1. The second kappa shape index (κ2) is 10.1. The number of aryl methyl sites for hydroxylation is 1. The molecule has 1 unspecified atom stereocenters. The summed E-state index contributed by atoms with van der Waals surface area (Å²) in [7, 11) is 0. The average molecular weight is 499 g/mol. The molecule has 0 aromatic heterocycles. The first-order valence-electron chi connectivity index (χ1n) is 12.1. The number of carbonyl (C=O) groups is 4. The molecule has 3 aromatic carbocycles. The van der Waals surface area contributed by atoms with Crippen LogP contribution >= 0.6 is 0 Å². The van der Waals surface area contributed by atoms with Crippen LogP contribution in [0.3, 0.4) is 0 Å². The minimum Gasteiger partial charge on any atom is -0.483 e. The lowest BCUT2D eigenvalue weighted by Gasteiger charge is -2.33. The maximum atomic E-state index is 13.3. The lowest BCUT2D eigenvalue weighted by atomic mass is 9.76. The summed E-state index contributed by atoms with van der Waals surface area (Å²) >= 11 is 0. The number of hydrazine groups is 1. The van der Waals surface area contributed by atoms with Crippen LogP contribution in [0.4, 0.5) is 4.79 Å². The zero-order valence-corrected chi connectivity index (χ0v) is 20.0. The van der Waals surface area contributed by atoms with Gasteiger partial charge in [-0.05, 0) is 42.0 Å². The van der Waals surface area contributed by atoms with Crippen molar-refractivity contribution in [3.05, 3.63) is 90.0 Å². The van der Waals surface area contributed by atoms with Crippen molar-refractivity contribution >= 4 is 23.8 Å². The molecule has 0 bridgehead atoms. The number of imide groups is 1. The third-order valence-corrected chi connectivity index (χ3v) is 6.62. The molecule has 9 heteroatoms. The van der Waals surface area contributed by atoms with Crippen LogP contribution in [0.25, 0.3) is 11.1 Å². The van der Waals surface area contributed by atoms with E-state index in [4.69, 9.17) is 4.74 Å². The van der Waals surface area contributed by atoms with E-state index in [0.29, 0.717) is 12.2 Å². The van der Waals surface area contributed by atoms with E-state index in [1.807, 2.05) is 66.7 Å². The summed E-state index contributed by atoms with van der Waals surface area (Å²) in [5, 5.41) is 2.80. The highest BCUT2D eigenvalue weighted by molar-refractivity contribution is 6.09. The Morgan fingerprint density at radius 2 is 1.59 bits per heavy atom. The lowest BCUT2D eigenvalue weighted by molar-refractivity contribution is -0.136. The van der Waals surface area contributed by atoms with Gasteiger partial charge in [0.1, 0.15) is 17.8 Å². The Kier molecular flexibility index (Phi) is 6.59. The maximum Gasteiger partial charge on any atom is 0.325 e. The molecule has 0 radical (unpaired) electrons. The average Bonchev–Trinajstić information content (AvgIpc) is 3.16. The Bertz CT molecular complexity index is 1360. The standard InChI is InChI=1S/C28H26N4O5/c33-24(17-32-26(35)28(29-27(32)36)16-8-12-20-11-4-6-14-22(20)28)30-31-25(34)18-37-23-15-7-5-13-21(23)19-9-2-1-3-10-19/h1-7,9-11,13-15H,8,12,16-18H2,(H,29,36)(H,30,33)(H,31,34). The van der Waals surface area contributed by atoms with Crippen LogP contribution in [-0.2, 0) is 26.3 Å². The molecule has 3 aromatic rings. The number of carbonyl (C=O) groups excluding carboxylic acids is 4. The second-order valence-electron chi connectivity index (χ2n) is 8.98. The van der Waals surface area contributed by atoms with Gasteiger partial charge in [-0.15, -0.1) is 0 Å². The first kappa shape index (κ1) is 24.1. The zero-order valence-electron chi connectivity index (χ0n) is 20.0. The number of benzene rings is 3. The van der Waals surface area contributed by atoms with Gasteiger partial charge in [-0.1, -0.05) is 72.8 Å². The Labute approximate surface area is 213 Å². The zero-order chi connectivity index (χ0) is 25.8. The van der Waals surface area contributed by atoms with Crippen LogP contribution in [0.5, 0.6) is 5.75 Å². The third kappa shape index (κ3) is 4.75. The highest BCUT2D eigenvalue weighted by atomic mass is 16.5. The topological polar surface area (TPSA) is 117 Å². The van der Waals surface area contributed by atoms with E-state index in [9.17, 15) is 19.2 Å². The first-order valence-corrected chi connectivity index (χ1v) is 12.1. The fourth-order valence-corrected chi connectivity index (χ4v) is 4.91. The van der Waals surface area contributed by atoms with E-state index in [1.54, 1.807) is 12.1 Å². The SMILES string of the molecule is O=C(COc1ccccc1-c1ccccc1)NNC(=O)CN1C(=O)NC2(CCCc3ccccc32)C1=O. The van der Waals surface area contributed by atoms with Crippen molar-refractivity contribution in [2.24, 2.45) is 0 Å². The summed E-state index contributed by atoms with van der Waals surface area (Å²) in [5.74, 6) is -1.24. The molecule has 2 aliphatic rings. The van der Waals surface area contributed by atoms with Crippen molar-refractivity contribution in [3.63, 3.8) is 0 Å². The van der Waals surface area contributed by atoms with Crippen LogP contribution in [-0.4, -0.2) is 41.8 Å². The molecule has 1 fully saturated rings. The summed E-state index contributed by atoms with van der Waals surface area (Å²) in [4.78, 5) is 51.6. The van der Waals surface area contributed by atoms with E-state index >= 15 is 0 Å². The molecule has 1 aliphatic carbocycles. The van der Waals surface area contributed by atoms with Gasteiger partial charge < -0.3 is 10.1 Å². The molecule has 9 nitrogen and oxygen atoms in total. The summed E-state index contributed by atoms with van der Waals surface area (Å²) in [6.07, 6.45) is 2.03. The van der Waals surface area contributed by atoms with Gasteiger partial charge in [-0.25, -0.2) is 4.79 Å². The third-order valence-electron chi connectivity index (χ3n) is 6.62. The molecule has 5 amide bonds. The fourth-order valence-electron chi connectivity index (χ4n) is 4.91. The number of amides is 5. The minimum atomic E-state index is -1.16. The van der Waals surface area contributed by atoms with Gasteiger partial charge in [0.2, 0.25) is 0 Å². The number of nitrogens with zero attached hydrogens (tertiary/aromatic N) is 1. The number of fused-ring (bicyclic) bond motifs is 2. The Balaban J connectivity index is 1.16. The number of hydrogen-bond donors (Lipinski definition) is 3. The first-order chi connectivity index (χ1) is 18.0. The maximum absolute atomic E-state index is 13.3. The summed E-state index contributed by atoms with van der Waals surface area (Å²) < 4.78 is 5.67. The molecule has 0 saturated carbocycles. The summed E-state index contributed by atoms with van der Waals surface area (Å²) in [6, 6.07) is 23.8. The van der Waals surface area contributed by atoms with Gasteiger partial charge in [0.05, 0.1) is 0 Å². The van der Waals surface area contributed by atoms with Gasteiger partial charge in [-0.2, -0.15) is 0 Å². The molecule has 1 saturated heterocycles. The molecule has 1 spiro atoms. The Hall–Kier alpha value is -4.66. The normalized spacial score (nSPS) is 18.2.